The van der Waals surface area contributed by atoms with Crippen molar-refractivity contribution in [3.8, 4) is 0 Å². The van der Waals surface area contributed by atoms with Crippen molar-refractivity contribution in [2.45, 2.75) is 32.7 Å². The number of hydrogen-bond acceptors (Lipinski definition) is 2. The summed E-state index contributed by atoms with van der Waals surface area (Å²) in [5.41, 5.74) is 1.13. The SMILES string of the molecule is C=C(CCCN(C)C(C)C)NC. The van der Waals surface area contributed by atoms with E-state index < -0.39 is 0 Å². The Balaban J connectivity index is 3.37. The second-order valence-corrected chi connectivity index (χ2v) is 3.53. The Morgan fingerprint density at radius 1 is 1.50 bits per heavy atom. The van der Waals surface area contributed by atoms with Crippen molar-refractivity contribution in [2.75, 3.05) is 20.6 Å². The van der Waals surface area contributed by atoms with E-state index in [0.717, 1.165) is 18.7 Å². The van der Waals surface area contributed by atoms with Crippen LogP contribution in [0.1, 0.15) is 26.7 Å². The van der Waals surface area contributed by atoms with E-state index in [0.29, 0.717) is 6.04 Å². The molecule has 0 aromatic heterocycles. The smallest absolute Gasteiger partial charge is 0.00355 e. The van der Waals surface area contributed by atoms with Gasteiger partial charge in [0.1, 0.15) is 0 Å². The van der Waals surface area contributed by atoms with E-state index in [1.807, 2.05) is 7.05 Å². The minimum Gasteiger partial charge on any atom is -0.392 e. The highest BCUT2D eigenvalue weighted by molar-refractivity contribution is 4.88. The van der Waals surface area contributed by atoms with E-state index in [1.54, 1.807) is 0 Å². The van der Waals surface area contributed by atoms with Gasteiger partial charge in [-0.2, -0.15) is 0 Å². The van der Waals surface area contributed by atoms with Crippen LogP contribution < -0.4 is 5.32 Å². The van der Waals surface area contributed by atoms with Crippen LogP contribution in [0.15, 0.2) is 12.3 Å². The largest absolute Gasteiger partial charge is 0.392 e. The molecule has 0 unspecified atom stereocenters. The molecule has 0 aliphatic carbocycles. The number of nitrogens with zero attached hydrogens (tertiary/aromatic N) is 1. The predicted molar refractivity (Wildman–Crippen MR) is 55.2 cm³/mol. The van der Waals surface area contributed by atoms with Gasteiger partial charge in [-0.25, -0.2) is 0 Å². The molecule has 0 aliphatic rings. The van der Waals surface area contributed by atoms with Crippen LogP contribution in [0.25, 0.3) is 0 Å². The summed E-state index contributed by atoms with van der Waals surface area (Å²) >= 11 is 0. The maximum Gasteiger partial charge on any atom is 0.00355 e. The molecular weight excluding hydrogens is 148 g/mol. The summed E-state index contributed by atoms with van der Waals surface area (Å²) in [6.45, 7) is 9.47. The lowest BCUT2D eigenvalue weighted by molar-refractivity contribution is 0.270. The third-order valence-electron chi connectivity index (χ3n) is 2.22. The van der Waals surface area contributed by atoms with E-state index in [-0.39, 0.29) is 0 Å². The van der Waals surface area contributed by atoms with Crippen LogP contribution in [-0.2, 0) is 0 Å². The van der Waals surface area contributed by atoms with Gasteiger partial charge in [0.15, 0.2) is 0 Å². The predicted octanol–water partition coefficient (Wildman–Crippen LogP) is 1.84. The highest BCUT2D eigenvalue weighted by Gasteiger charge is 2.01. The zero-order valence-electron chi connectivity index (χ0n) is 8.85. The highest BCUT2D eigenvalue weighted by atomic mass is 15.1. The van der Waals surface area contributed by atoms with Crippen molar-refractivity contribution in [1.29, 1.82) is 0 Å². The summed E-state index contributed by atoms with van der Waals surface area (Å²) < 4.78 is 0. The Kier molecular flexibility index (Phi) is 5.81. The molecule has 0 radical (unpaired) electrons. The molecule has 1 N–H and O–H groups in total. The van der Waals surface area contributed by atoms with E-state index in [2.05, 4.69) is 37.7 Å². The molecule has 0 fully saturated rings. The fourth-order valence-corrected chi connectivity index (χ4v) is 0.925. The summed E-state index contributed by atoms with van der Waals surface area (Å²) in [5, 5.41) is 3.05. The fraction of sp³-hybridized carbons (Fsp3) is 0.800. The van der Waals surface area contributed by atoms with Gasteiger partial charge in [-0.1, -0.05) is 6.58 Å². The average Bonchev–Trinajstić information content (AvgIpc) is 2.03. The summed E-state index contributed by atoms with van der Waals surface area (Å²) in [6.07, 6.45) is 2.27. The van der Waals surface area contributed by atoms with Gasteiger partial charge in [0.05, 0.1) is 0 Å². The van der Waals surface area contributed by atoms with Crippen molar-refractivity contribution < 1.29 is 0 Å². The standard InChI is InChI=1S/C10H22N2/c1-9(2)12(5)8-6-7-10(3)11-4/h9,11H,3,6-8H2,1-2,4-5H3. The van der Waals surface area contributed by atoms with Crippen molar-refractivity contribution in [2.24, 2.45) is 0 Å². The molecule has 2 heteroatoms. The molecule has 0 spiro atoms. The molecule has 72 valence electrons. The van der Waals surface area contributed by atoms with Crippen molar-refractivity contribution in [1.82, 2.24) is 10.2 Å². The lowest BCUT2D eigenvalue weighted by Gasteiger charge is -2.20. The first-order valence-electron chi connectivity index (χ1n) is 4.63. The topological polar surface area (TPSA) is 15.3 Å². The quantitative estimate of drug-likeness (QED) is 0.654. The van der Waals surface area contributed by atoms with Gasteiger partial charge in [-0.3, -0.25) is 0 Å². The van der Waals surface area contributed by atoms with Crippen molar-refractivity contribution in [3.05, 3.63) is 12.3 Å². The maximum atomic E-state index is 3.89. The zero-order chi connectivity index (χ0) is 9.56. The van der Waals surface area contributed by atoms with E-state index in [1.165, 1.54) is 6.42 Å². The number of nitrogens with one attached hydrogen (secondary N) is 1. The Morgan fingerprint density at radius 3 is 2.50 bits per heavy atom. The Hall–Kier alpha value is -0.500. The molecule has 0 saturated heterocycles. The van der Waals surface area contributed by atoms with Gasteiger partial charge < -0.3 is 10.2 Å². The van der Waals surface area contributed by atoms with E-state index >= 15 is 0 Å². The molecule has 0 aromatic rings. The second-order valence-electron chi connectivity index (χ2n) is 3.53. The Labute approximate surface area is 76.6 Å². The maximum absolute atomic E-state index is 3.89. The first kappa shape index (κ1) is 11.5. The van der Waals surface area contributed by atoms with Crippen LogP contribution in [0.4, 0.5) is 0 Å². The fourth-order valence-electron chi connectivity index (χ4n) is 0.925. The lowest BCUT2D eigenvalue weighted by Crippen LogP contribution is -2.27. The molecule has 0 aliphatic heterocycles. The molecule has 0 heterocycles. The monoisotopic (exact) mass is 170 g/mol. The second kappa shape index (κ2) is 6.06. The zero-order valence-corrected chi connectivity index (χ0v) is 8.85. The Morgan fingerprint density at radius 2 is 2.08 bits per heavy atom. The van der Waals surface area contributed by atoms with Crippen LogP contribution in [0, 0.1) is 0 Å². The van der Waals surface area contributed by atoms with Gasteiger partial charge in [0, 0.05) is 18.8 Å². The summed E-state index contributed by atoms with van der Waals surface area (Å²) in [5.74, 6) is 0. The van der Waals surface area contributed by atoms with Gasteiger partial charge in [0.25, 0.3) is 0 Å². The van der Waals surface area contributed by atoms with Gasteiger partial charge in [-0.15, -0.1) is 0 Å². The summed E-state index contributed by atoms with van der Waals surface area (Å²) in [6, 6.07) is 0.646. The van der Waals surface area contributed by atoms with Crippen LogP contribution >= 0.6 is 0 Å². The highest BCUT2D eigenvalue weighted by Crippen LogP contribution is 2.01. The van der Waals surface area contributed by atoms with Crippen LogP contribution in [0.2, 0.25) is 0 Å². The van der Waals surface area contributed by atoms with Crippen LogP contribution in [0.3, 0.4) is 0 Å². The van der Waals surface area contributed by atoms with E-state index in [4.69, 9.17) is 0 Å². The van der Waals surface area contributed by atoms with Gasteiger partial charge in [-0.05, 0) is 40.3 Å². The molecule has 0 aromatic carbocycles. The molecular formula is C10H22N2. The third kappa shape index (κ3) is 5.19. The molecule has 2 nitrogen and oxygen atoms in total. The van der Waals surface area contributed by atoms with E-state index in [9.17, 15) is 0 Å². The number of allylic oxidation sites excluding steroid dienone is 1. The van der Waals surface area contributed by atoms with Crippen LogP contribution in [0.5, 0.6) is 0 Å². The van der Waals surface area contributed by atoms with Crippen molar-refractivity contribution in [3.63, 3.8) is 0 Å². The molecule has 0 saturated carbocycles. The van der Waals surface area contributed by atoms with Crippen LogP contribution in [-0.4, -0.2) is 31.6 Å². The summed E-state index contributed by atoms with van der Waals surface area (Å²) in [7, 11) is 4.08. The van der Waals surface area contributed by atoms with Gasteiger partial charge >= 0.3 is 0 Å². The third-order valence-corrected chi connectivity index (χ3v) is 2.22. The first-order valence-corrected chi connectivity index (χ1v) is 4.63. The summed E-state index contributed by atoms with van der Waals surface area (Å²) in [4.78, 5) is 2.35. The molecule has 12 heavy (non-hydrogen) atoms. The normalized spacial score (nSPS) is 10.8. The lowest BCUT2D eigenvalue weighted by atomic mass is 10.2. The molecule has 0 atom stereocenters. The van der Waals surface area contributed by atoms with Crippen molar-refractivity contribution >= 4 is 0 Å². The molecule has 0 bridgehead atoms. The number of hydrogen-bond donors (Lipinski definition) is 1. The van der Waals surface area contributed by atoms with Gasteiger partial charge in [0.2, 0.25) is 0 Å². The average molecular weight is 170 g/mol. The Bertz CT molecular complexity index is 130. The number of rotatable bonds is 6. The minimum absolute atomic E-state index is 0.646. The molecule has 0 amide bonds. The first-order chi connectivity index (χ1) is 5.57. The molecule has 0 rings (SSSR count). The minimum atomic E-state index is 0.646.